The van der Waals surface area contributed by atoms with Crippen LogP contribution < -0.4 is 73.2 Å². The average molecular weight is 1240 g/mol. The molecule has 7 aliphatic heterocycles. The van der Waals surface area contributed by atoms with Crippen molar-refractivity contribution in [2.24, 2.45) is 5.92 Å². The minimum absolute atomic E-state index is 0.0322. The summed E-state index contributed by atoms with van der Waals surface area (Å²) in [6.07, 6.45) is 15.3. The van der Waals surface area contributed by atoms with E-state index in [-0.39, 0.29) is 95.6 Å². The van der Waals surface area contributed by atoms with Crippen LogP contribution >= 0.6 is 23.5 Å². The van der Waals surface area contributed by atoms with Crippen LogP contribution in [0.15, 0.2) is 0 Å². The number of fused-ring (bicyclic) bond motifs is 2. The largest absolute Gasteiger partial charge is 0.359 e. The molecule has 478 valence electrons. The third kappa shape index (κ3) is 20.0. The maximum Gasteiger partial charge on any atom is 0.315 e. The van der Waals surface area contributed by atoms with Crippen molar-refractivity contribution in [2.45, 2.75) is 214 Å². The number of hydrogen-bond acceptors (Lipinski definition) is 17. The smallest absolute Gasteiger partial charge is 0.315 e. The van der Waals surface area contributed by atoms with Gasteiger partial charge in [0.25, 0.3) is 0 Å². The minimum atomic E-state index is -0.703. The molecule has 8 rings (SSSR count). The number of hydrogen-bond donors (Lipinski definition) is 11. The highest BCUT2D eigenvalue weighted by atomic mass is 32.2. The van der Waals surface area contributed by atoms with Gasteiger partial charge in [0, 0.05) is 125 Å². The van der Waals surface area contributed by atoms with Crippen LogP contribution in [0.1, 0.15) is 155 Å². The molecule has 11 N–H and O–H groups in total. The Morgan fingerprint density at radius 1 is 0.500 bits per heavy atom. The van der Waals surface area contributed by atoms with E-state index in [1.807, 2.05) is 23.5 Å². The molecule has 26 nitrogen and oxygen atoms in total. The van der Waals surface area contributed by atoms with Crippen LogP contribution in [0.2, 0.25) is 0 Å². The molecule has 0 spiro atoms. The number of urea groups is 2. The van der Waals surface area contributed by atoms with Crippen LogP contribution in [0.25, 0.3) is 0 Å². The number of piperidine rings is 3. The Morgan fingerprint density at radius 2 is 0.872 bits per heavy atom. The zero-order chi connectivity index (χ0) is 61.0. The Bertz CT molecular complexity index is 2330. The third-order valence-electron chi connectivity index (χ3n) is 17.8. The molecule has 7 aliphatic rings. The van der Waals surface area contributed by atoms with Gasteiger partial charge in [-0.15, -0.1) is 0 Å². The summed E-state index contributed by atoms with van der Waals surface area (Å²) < 4.78 is 0. The predicted molar refractivity (Wildman–Crippen MR) is 332 cm³/mol. The van der Waals surface area contributed by atoms with Crippen molar-refractivity contribution in [1.82, 2.24) is 73.4 Å². The summed E-state index contributed by atoms with van der Waals surface area (Å²) in [6.45, 7) is 8.07. The normalized spacial score (nSPS) is 23.8. The number of anilines is 3. The van der Waals surface area contributed by atoms with Crippen molar-refractivity contribution in [3.05, 3.63) is 0 Å². The topological polar surface area (TPSA) is 334 Å². The number of carbonyl (C=O) groups is 9. The first-order chi connectivity index (χ1) is 41.6. The van der Waals surface area contributed by atoms with Crippen molar-refractivity contribution in [1.29, 1.82) is 0 Å². The van der Waals surface area contributed by atoms with Crippen LogP contribution in [0.5, 0.6) is 0 Å². The Hall–Kier alpha value is -6.06. The van der Waals surface area contributed by atoms with Crippen LogP contribution in [-0.4, -0.2) is 198 Å². The van der Waals surface area contributed by atoms with Crippen LogP contribution in [0, 0.1) is 5.92 Å². The third-order valence-corrected chi connectivity index (χ3v) is 20.8. The fourth-order valence-electron chi connectivity index (χ4n) is 12.5. The van der Waals surface area contributed by atoms with E-state index in [1.165, 1.54) is 0 Å². The summed E-state index contributed by atoms with van der Waals surface area (Å²) in [5.74, 6) is 2.64. The van der Waals surface area contributed by atoms with E-state index in [0.29, 0.717) is 158 Å². The van der Waals surface area contributed by atoms with E-state index in [0.717, 1.165) is 75.7 Å². The standard InChI is InChI=1S/C58H95N17O9S2/c1-36(62-47(78)18-6-4-12-26-60-45(76)16-10-8-14-43-49-41(34-85-43)66-57(83)68-49)51(80)64-39-22-30-74(31-23-39)55-70-54(73-28-20-38(21-29-73)53(82)59-3)71-56(72-55)75-32-24-40(25-33-75)65-52(81)37(2)63-48(79)19-7-5-13-27-61-46(77)17-11-9-15-44-50-42(35-86-44)67-58(84)69-50/h36-44,49-50H,4-35H2,1-3H3,(H,59,82)(H,60,76)(H,61,77)(H,62,78)(H,63,79)(H,64,80)(H,65,81)(H2,66,68,83)(H2,67,69,84). The van der Waals surface area contributed by atoms with Gasteiger partial charge in [-0.05, 0) is 104 Å². The number of nitrogens with one attached hydrogen (secondary N) is 11. The second-order valence-electron chi connectivity index (χ2n) is 24.3. The second-order valence-corrected chi connectivity index (χ2v) is 26.8. The molecule has 0 aromatic carbocycles. The number of nitrogens with zero attached hydrogens (tertiary/aromatic N) is 6. The van der Waals surface area contributed by atoms with Gasteiger partial charge in [0.15, 0.2) is 0 Å². The van der Waals surface area contributed by atoms with Gasteiger partial charge in [0.05, 0.1) is 24.2 Å². The van der Waals surface area contributed by atoms with E-state index < -0.39 is 12.1 Å². The summed E-state index contributed by atoms with van der Waals surface area (Å²) >= 11 is 3.77. The minimum Gasteiger partial charge on any atom is -0.359 e. The number of aromatic nitrogens is 3. The highest BCUT2D eigenvalue weighted by molar-refractivity contribution is 8.00. The van der Waals surface area contributed by atoms with Crippen LogP contribution in [0.3, 0.4) is 0 Å². The number of rotatable bonds is 32. The van der Waals surface area contributed by atoms with Gasteiger partial charge >= 0.3 is 12.1 Å². The summed E-state index contributed by atoms with van der Waals surface area (Å²) in [4.78, 5) is 134. The molecule has 1 aromatic heterocycles. The number of carbonyl (C=O) groups excluding carboxylic acids is 9. The Kier molecular flexibility index (Phi) is 25.5. The first kappa shape index (κ1) is 65.9. The molecule has 28 heteroatoms. The lowest BCUT2D eigenvalue weighted by molar-refractivity contribution is -0.129. The lowest BCUT2D eigenvalue weighted by Crippen LogP contribution is -2.51. The van der Waals surface area contributed by atoms with Gasteiger partial charge in [0.2, 0.25) is 59.2 Å². The highest BCUT2D eigenvalue weighted by Gasteiger charge is 2.44. The van der Waals surface area contributed by atoms with Crippen molar-refractivity contribution >= 4 is 94.8 Å². The Balaban J connectivity index is 0.689. The fourth-order valence-corrected chi connectivity index (χ4v) is 15.6. The van der Waals surface area contributed by atoms with Crippen molar-refractivity contribution in [2.75, 3.05) is 85.6 Å². The first-order valence-corrected chi connectivity index (χ1v) is 34.0. The highest BCUT2D eigenvalue weighted by Crippen LogP contribution is 2.35. The van der Waals surface area contributed by atoms with Gasteiger partial charge in [-0.1, -0.05) is 25.7 Å². The molecule has 1 aromatic rings. The van der Waals surface area contributed by atoms with Crippen molar-refractivity contribution < 1.29 is 43.2 Å². The van der Waals surface area contributed by atoms with E-state index >= 15 is 0 Å². The Labute approximate surface area is 514 Å². The number of thioether (sulfide) groups is 2. The van der Waals surface area contributed by atoms with E-state index in [2.05, 4.69) is 73.2 Å². The monoisotopic (exact) mass is 1240 g/mol. The van der Waals surface area contributed by atoms with Gasteiger partial charge in [0.1, 0.15) is 12.1 Å². The molecule has 7 fully saturated rings. The summed E-state index contributed by atoms with van der Waals surface area (Å²) in [5.41, 5.74) is 0. The lowest BCUT2D eigenvalue weighted by atomic mass is 9.96. The zero-order valence-corrected chi connectivity index (χ0v) is 52.3. The lowest BCUT2D eigenvalue weighted by Gasteiger charge is -2.36. The maximum atomic E-state index is 13.3. The summed E-state index contributed by atoms with van der Waals surface area (Å²) in [6, 6.07) is -1.000. The zero-order valence-electron chi connectivity index (χ0n) is 50.7. The van der Waals surface area contributed by atoms with E-state index in [1.54, 1.807) is 20.9 Å². The molecule has 0 radical (unpaired) electrons. The average Bonchev–Trinajstić information content (AvgIpc) is 2.77. The fraction of sp³-hybridized carbons (Fsp3) is 0.793. The number of unbranched alkanes of at least 4 members (excludes halogenated alkanes) is 6. The maximum absolute atomic E-state index is 13.3. The molecule has 0 aliphatic carbocycles. The summed E-state index contributed by atoms with van der Waals surface area (Å²) in [7, 11) is 1.66. The quantitative estimate of drug-likeness (QED) is 0.0362. The molecular formula is C58H95N17O9S2. The van der Waals surface area contributed by atoms with Gasteiger partial charge < -0.3 is 73.2 Å². The second kappa shape index (κ2) is 33.3. The molecule has 0 bridgehead atoms. The van der Waals surface area contributed by atoms with Crippen molar-refractivity contribution in [3.8, 4) is 0 Å². The summed E-state index contributed by atoms with van der Waals surface area (Å²) in [5, 5.41) is 33.4. The first-order valence-electron chi connectivity index (χ1n) is 31.9. The molecular weight excluding hydrogens is 1140 g/mol. The van der Waals surface area contributed by atoms with E-state index in [4.69, 9.17) is 15.0 Å². The molecule has 11 amide bonds. The van der Waals surface area contributed by atoms with Crippen molar-refractivity contribution in [3.63, 3.8) is 0 Å². The Morgan fingerprint density at radius 3 is 1.27 bits per heavy atom. The van der Waals surface area contributed by atoms with E-state index in [9.17, 15) is 43.2 Å². The number of amides is 11. The SMILES string of the molecule is CNC(=O)C1CCN(c2nc(N3CCC(NC(=O)C(C)NC(=O)CCCCCNC(=O)CCCCC4SCC5NC(=O)NC54)CC3)nc(N3CCC(NC(=O)C(C)NC(=O)CCCCCNC(=O)CCCCC4SCC5NC(=O)NC54)CC3)n2)CC1. The van der Waals surface area contributed by atoms with Gasteiger partial charge in [-0.25, -0.2) is 9.59 Å². The molecule has 8 heterocycles. The van der Waals surface area contributed by atoms with Crippen LogP contribution in [-0.2, 0) is 33.6 Å². The molecule has 0 saturated carbocycles. The van der Waals surface area contributed by atoms with Gasteiger partial charge in [-0.3, -0.25) is 33.6 Å². The predicted octanol–water partition coefficient (Wildman–Crippen LogP) is 1.82. The molecule has 86 heavy (non-hydrogen) atoms. The molecule has 8 unspecified atom stereocenters. The van der Waals surface area contributed by atoms with Gasteiger partial charge in [-0.2, -0.15) is 38.5 Å². The molecule has 8 atom stereocenters. The van der Waals surface area contributed by atoms with Crippen LogP contribution in [0.4, 0.5) is 27.4 Å². The molecule has 7 saturated heterocycles.